The summed E-state index contributed by atoms with van der Waals surface area (Å²) in [6.45, 7) is 3.61. The van der Waals surface area contributed by atoms with Crippen LogP contribution >= 0.6 is 0 Å². The summed E-state index contributed by atoms with van der Waals surface area (Å²) in [5.74, 6) is 0.246. The molecule has 1 fully saturated rings. The normalized spacial score (nSPS) is 14.3. The molecule has 0 bridgehead atoms. The molecule has 29 heavy (non-hydrogen) atoms. The first-order valence-electron chi connectivity index (χ1n) is 10.5. The van der Waals surface area contributed by atoms with Crippen LogP contribution < -0.4 is 10.7 Å². The summed E-state index contributed by atoms with van der Waals surface area (Å²) in [6.07, 6.45) is 9.83. The number of methoxy groups -OCH3 is 1. The minimum Gasteiger partial charge on any atom is -0.385 e. The predicted octanol–water partition coefficient (Wildman–Crippen LogP) is 3.10. The number of carbonyl (C=O) groups is 1. The minimum absolute atomic E-state index is 0.192. The quantitative estimate of drug-likeness (QED) is 0.660. The van der Waals surface area contributed by atoms with Crippen molar-refractivity contribution in [1.82, 2.24) is 14.9 Å². The zero-order chi connectivity index (χ0) is 20.6. The van der Waals surface area contributed by atoms with Gasteiger partial charge >= 0.3 is 0 Å². The monoisotopic (exact) mass is 397 g/mol. The summed E-state index contributed by atoms with van der Waals surface area (Å²) >= 11 is 0. The summed E-state index contributed by atoms with van der Waals surface area (Å²) in [6, 6.07) is 5.51. The van der Waals surface area contributed by atoms with Crippen LogP contribution in [0.1, 0.15) is 59.4 Å². The zero-order valence-corrected chi connectivity index (χ0v) is 17.4. The van der Waals surface area contributed by atoms with Gasteiger partial charge < -0.3 is 14.6 Å². The van der Waals surface area contributed by atoms with Crippen LogP contribution in [0.2, 0.25) is 0 Å². The number of nitrogens with one attached hydrogen (secondary N) is 1. The van der Waals surface area contributed by atoms with Crippen molar-refractivity contribution in [2.24, 2.45) is 5.92 Å². The summed E-state index contributed by atoms with van der Waals surface area (Å²) in [5, 5.41) is 2.91. The van der Waals surface area contributed by atoms with E-state index in [1.807, 2.05) is 25.3 Å². The van der Waals surface area contributed by atoms with E-state index in [9.17, 15) is 9.59 Å². The second kappa shape index (κ2) is 10.3. The Morgan fingerprint density at radius 2 is 2.14 bits per heavy atom. The van der Waals surface area contributed by atoms with Crippen molar-refractivity contribution in [3.05, 3.63) is 63.3 Å². The van der Waals surface area contributed by atoms with Crippen LogP contribution in [0.15, 0.2) is 35.4 Å². The fourth-order valence-electron chi connectivity index (χ4n) is 4.17. The fraction of sp³-hybridized carbons (Fsp3) is 0.522. The van der Waals surface area contributed by atoms with E-state index in [-0.39, 0.29) is 11.3 Å². The van der Waals surface area contributed by atoms with Gasteiger partial charge in [-0.05, 0) is 37.3 Å². The molecule has 0 atom stereocenters. The highest BCUT2D eigenvalue weighted by atomic mass is 16.5. The Morgan fingerprint density at radius 3 is 2.83 bits per heavy atom. The summed E-state index contributed by atoms with van der Waals surface area (Å²) < 4.78 is 7.17. The maximum Gasteiger partial charge on any atom is 0.257 e. The van der Waals surface area contributed by atoms with E-state index in [2.05, 4.69) is 14.9 Å². The molecule has 3 rings (SSSR count). The first-order chi connectivity index (χ1) is 14.1. The van der Waals surface area contributed by atoms with E-state index in [0.29, 0.717) is 31.2 Å². The van der Waals surface area contributed by atoms with Gasteiger partial charge in [0.1, 0.15) is 5.56 Å². The average Bonchev–Trinajstić information content (AvgIpc) is 3.22. The van der Waals surface area contributed by atoms with Gasteiger partial charge in [-0.25, -0.2) is 0 Å². The summed E-state index contributed by atoms with van der Waals surface area (Å²) in [7, 11) is 1.64. The molecule has 0 radical (unpaired) electrons. The average molecular weight is 398 g/mol. The molecule has 0 spiro atoms. The van der Waals surface area contributed by atoms with E-state index in [1.54, 1.807) is 19.4 Å². The van der Waals surface area contributed by atoms with Gasteiger partial charge in [-0.3, -0.25) is 14.6 Å². The highest BCUT2D eigenvalue weighted by molar-refractivity contribution is 5.95. The molecule has 1 amide bonds. The van der Waals surface area contributed by atoms with E-state index >= 15 is 0 Å². The van der Waals surface area contributed by atoms with Gasteiger partial charge in [0.2, 0.25) is 0 Å². The standard InChI is InChI=1S/C23H31N3O3/c1-17-13-21(27)22(23(28)25-11-6-12-29-2)20(14-18-7-3-4-8-18)26(17)16-19-9-5-10-24-15-19/h5,9-10,13,15,18H,3-4,6-8,11-12,14,16H2,1-2H3,(H,25,28). The number of carbonyl (C=O) groups excluding carboxylic acids is 1. The van der Waals surface area contributed by atoms with Crippen LogP contribution in [0.3, 0.4) is 0 Å². The van der Waals surface area contributed by atoms with Crippen LogP contribution in [0.4, 0.5) is 0 Å². The molecule has 2 heterocycles. The van der Waals surface area contributed by atoms with E-state index in [0.717, 1.165) is 42.6 Å². The van der Waals surface area contributed by atoms with Crippen LogP contribution in [0, 0.1) is 12.8 Å². The third-order valence-corrected chi connectivity index (χ3v) is 5.68. The SMILES string of the molecule is COCCCNC(=O)c1c(CC2CCCC2)n(Cc2cccnc2)c(C)cc1=O. The molecule has 2 aromatic heterocycles. The highest BCUT2D eigenvalue weighted by Gasteiger charge is 2.24. The molecule has 0 unspecified atom stereocenters. The van der Waals surface area contributed by atoms with Crippen molar-refractivity contribution in [2.75, 3.05) is 20.3 Å². The lowest BCUT2D eigenvalue weighted by Crippen LogP contribution is -2.34. The Hall–Kier alpha value is -2.47. The van der Waals surface area contributed by atoms with Gasteiger partial charge in [-0.15, -0.1) is 0 Å². The van der Waals surface area contributed by atoms with E-state index in [1.165, 1.54) is 12.8 Å². The molecule has 1 N–H and O–H groups in total. The Balaban J connectivity index is 1.97. The zero-order valence-electron chi connectivity index (χ0n) is 17.4. The van der Waals surface area contributed by atoms with Gasteiger partial charge in [-0.1, -0.05) is 31.7 Å². The molecule has 0 aliphatic heterocycles. The first kappa shape index (κ1) is 21.2. The highest BCUT2D eigenvalue weighted by Crippen LogP contribution is 2.29. The number of rotatable bonds is 9. The van der Waals surface area contributed by atoms with E-state index in [4.69, 9.17) is 4.74 Å². The number of hydrogen-bond acceptors (Lipinski definition) is 4. The first-order valence-corrected chi connectivity index (χ1v) is 10.5. The molecule has 1 saturated carbocycles. The van der Waals surface area contributed by atoms with Gasteiger partial charge in [-0.2, -0.15) is 0 Å². The lowest BCUT2D eigenvalue weighted by Gasteiger charge is -2.22. The van der Waals surface area contributed by atoms with Gasteiger partial charge in [0, 0.05) is 56.7 Å². The molecular formula is C23H31N3O3. The van der Waals surface area contributed by atoms with Crippen molar-refractivity contribution in [3.8, 4) is 0 Å². The van der Waals surface area contributed by atoms with Crippen LogP contribution in [0.5, 0.6) is 0 Å². The van der Waals surface area contributed by atoms with Crippen molar-refractivity contribution >= 4 is 5.91 Å². The fourth-order valence-corrected chi connectivity index (χ4v) is 4.17. The molecular weight excluding hydrogens is 366 g/mol. The van der Waals surface area contributed by atoms with Crippen molar-refractivity contribution < 1.29 is 9.53 Å². The van der Waals surface area contributed by atoms with Gasteiger partial charge in [0.25, 0.3) is 5.91 Å². The lowest BCUT2D eigenvalue weighted by atomic mass is 9.96. The summed E-state index contributed by atoms with van der Waals surface area (Å²) in [5.41, 5.74) is 2.89. The third-order valence-electron chi connectivity index (χ3n) is 5.68. The second-order valence-corrected chi connectivity index (χ2v) is 7.88. The van der Waals surface area contributed by atoms with Crippen molar-refractivity contribution in [3.63, 3.8) is 0 Å². The van der Waals surface area contributed by atoms with Crippen molar-refractivity contribution in [2.45, 2.75) is 52.0 Å². The second-order valence-electron chi connectivity index (χ2n) is 7.88. The van der Waals surface area contributed by atoms with Crippen LogP contribution in [-0.2, 0) is 17.7 Å². The molecule has 2 aromatic rings. The Bertz CT molecular complexity index is 871. The molecule has 0 saturated heterocycles. The number of ether oxygens (including phenoxy) is 1. The summed E-state index contributed by atoms with van der Waals surface area (Å²) in [4.78, 5) is 30.0. The Morgan fingerprint density at radius 1 is 1.34 bits per heavy atom. The minimum atomic E-state index is -0.279. The lowest BCUT2D eigenvalue weighted by molar-refractivity contribution is 0.0945. The molecule has 1 aliphatic carbocycles. The van der Waals surface area contributed by atoms with Crippen LogP contribution in [0.25, 0.3) is 0 Å². The Labute approximate surface area is 172 Å². The third kappa shape index (κ3) is 5.54. The molecule has 156 valence electrons. The number of hydrogen-bond donors (Lipinski definition) is 1. The number of aryl methyl sites for hydroxylation is 1. The molecule has 6 nitrogen and oxygen atoms in total. The predicted molar refractivity (Wildman–Crippen MR) is 113 cm³/mol. The number of amides is 1. The smallest absolute Gasteiger partial charge is 0.257 e. The number of nitrogens with zero attached hydrogens (tertiary/aromatic N) is 2. The van der Waals surface area contributed by atoms with Gasteiger partial charge in [0.15, 0.2) is 5.43 Å². The topological polar surface area (TPSA) is 73.2 Å². The number of aromatic nitrogens is 2. The van der Waals surface area contributed by atoms with Gasteiger partial charge in [0.05, 0.1) is 0 Å². The maximum atomic E-state index is 13.0. The van der Waals surface area contributed by atoms with Crippen LogP contribution in [-0.4, -0.2) is 35.7 Å². The van der Waals surface area contributed by atoms with Crippen molar-refractivity contribution in [1.29, 1.82) is 0 Å². The Kier molecular flexibility index (Phi) is 7.58. The largest absolute Gasteiger partial charge is 0.385 e. The van der Waals surface area contributed by atoms with E-state index < -0.39 is 0 Å². The molecule has 1 aliphatic rings. The molecule has 0 aromatic carbocycles. The molecule has 6 heteroatoms. The maximum absolute atomic E-state index is 13.0. The number of pyridine rings is 2.